The third-order valence-corrected chi connectivity index (χ3v) is 5.60. The number of halogens is 1. The van der Waals surface area contributed by atoms with Crippen LogP contribution >= 0.6 is 15.9 Å². The molecule has 6 heteroatoms. The van der Waals surface area contributed by atoms with E-state index in [1.54, 1.807) is 12.1 Å². The lowest BCUT2D eigenvalue weighted by Gasteiger charge is -2.12. The number of para-hydroxylation sites is 1. The number of hydrogen-bond acceptors (Lipinski definition) is 4. The van der Waals surface area contributed by atoms with Crippen molar-refractivity contribution in [1.29, 1.82) is 0 Å². The van der Waals surface area contributed by atoms with Crippen LogP contribution in [-0.2, 0) is 0 Å². The van der Waals surface area contributed by atoms with Gasteiger partial charge in [0, 0.05) is 32.4 Å². The molecule has 4 aromatic carbocycles. The van der Waals surface area contributed by atoms with Crippen molar-refractivity contribution in [2.45, 2.75) is 0 Å². The topological polar surface area (TPSA) is 68.0 Å². The first kappa shape index (κ1) is 19.2. The monoisotopic (exact) mass is 469 g/mol. The Morgan fingerprint density at radius 3 is 2.13 bits per heavy atom. The van der Waals surface area contributed by atoms with Crippen molar-refractivity contribution >= 4 is 38.6 Å². The maximum Gasteiger partial charge on any atom is 0.255 e. The zero-order valence-electron chi connectivity index (χ0n) is 16.2. The van der Waals surface area contributed by atoms with E-state index >= 15 is 0 Å². The minimum Gasteiger partial charge on any atom is -0.321 e. The van der Waals surface area contributed by atoms with Gasteiger partial charge in [-0.25, -0.2) is 4.63 Å². The summed E-state index contributed by atoms with van der Waals surface area (Å²) in [5.41, 5.74) is 6.24. The highest BCUT2D eigenvalue weighted by Crippen LogP contribution is 2.36. The van der Waals surface area contributed by atoms with Crippen LogP contribution < -0.4 is 5.32 Å². The molecule has 1 heterocycles. The number of amides is 1. The summed E-state index contributed by atoms with van der Waals surface area (Å²) >= 11 is 3.39. The number of anilines is 1. The molecule has 5 nitrogen and oxygen atoms in total. The van der Waals surface area contributed by atoms with E-state index in [0.29, 0.717) is 22.3 Å². The maximum absolute atomic E-state index is 12.8. The Hall–Kier alpha value is -3.77. The molecule has 0 aliphatic rings. The largest absolute Gasteiger partial charge is 0.321 e. The number of carbonyl (C=O) groups excluding carboxylic acids is 1. The fourth-order valence-electron chi connectivity index (χ4n) is 3.56. The van der Waals surface area contributed by atoms with Gasteiger partial charge < -0.3 is 5.32 Å². The zero-order valence-corrected chi connectivity index (χ0v) is 17.8. The van der Waals surface area contributed by atoms with Crippen LogP contribution in [0.25, 0.3) is 33.3 Å². The standard InChI is InChI=1S/C25H16BrN3O2/c26-18-12-10-17(11-13-18)25(30)27-22-9-5-4-8-20(22)21-15-14-19(16-6-2-1-3-7-16)23-24(21)29-31-28-23/h1-15H,(H,27,30). The van der Waals surface area contributed by atoms with Crippen molar-refractivity contribution in [2.75, 3.05) is 5.32 Å². The Labute approximate surface area is 186 Å². The van der Waals surface area contributed by atoms with Gasteiger partial charge in [-0.05, 0) is 46.2 Å². The summed E-state index contributed by atoms with van der Waals surface area (Å²) < 4.78 is 6.02. The molecule has 1 N–H and O–H groups in total. The molecule has 1 amide bonds. The number of carbonyl (C=O) groups is 1. The predicted octanol–water partition coefficient (Wildman–Crippen LogP) is 6.57. The number of fused-ring (bicyclic) bond motifs is 1. The predicted molar refractivity (Wildman–Crippen MR) is 125 cm³/mol. The van der Waals surface area contributed by atoms with Gasteiger partial charge >= 0.3 is 0 Å². The van der Waals surface area contributed by atoms with Gasteiger partial charge in [-0.15, -0.1) is 0 Å². The van der Waals surface area contributed by atoms with Crippen molar-refractivity contribution in [3.8, 4) is 22.3 Å². The summed E-state index contributed by atoms with van der Waals surface area (Å²) in [6, 6.07) is 28.8. The Balaban J connectivity index is 1.57. The molecule has 0 unspecified atom stereocenters. The molecule has 150 valence electrons. The van der Waals surface area contributed by atoms with Gasteiger partial charge in [-0.3, -0.25) is 4.79 Å². The molecule has 1 aromatic heterocycles. The summed E-state index contributed by atoms with van der Waals surface area (Å²) in [6.45, 7) is 0. The number of aromatic nitrogens is 2. The fraction of sp³-hybridized carbons (Fsp3) is 0. The van der Waals surface area contributed by atoms with Gasteiger partial charge in [0.25, 0.3) is 5.91 Å². The van der Waals surface area contributed by atoms with Gasteiger partial charge in [0.15, 0.2) is 0 Å². The second-order valence-electron chi connectivity index (χ2n) is 6.99. The second-order valence-corrected chi connectivity index (χ2v) is 7.91. The van der Waals surface area contributed by atoms with E-state index in [9.17, 15) is 4.79 Å². The highest BCUT2D eigenvalue weighted by molar-refractivity contribution is 9.10. The molecule has 0 saturated heterocycles. The first-order valence-electron chi connectivity index (χ1n) is 9.68. The first-order chi connectivity index (χ1) is 15.2. The Bertz CT molecular complexity index is 1380. The van der Waals surface area contributed by atoms with Crippen LogP contribution in [0.4, 0.5) is 5.69 Å². The van der Waals surface area contributed by atoms with E-state index in [1.165, 1.54) is 0 Å². The van der Waals surface area contributed by atoms with E-state index < -0.39 is 0 Å². The number of hydrogen-bond donors (Lipinski definition) is 1. The average molecular weight is 470 g/mol. The summed E-state index contributed by atoms with van der Waals surface area (Å²) in [5.74, 6) is -0.185. The third-order valence-electron chi connectivity index (χ3n) is 5.07. The van der Waals surface area contributed by atoms with E-state index in [-0.39, 0.29) is 5.91 Å². The molecule has 0 radical (unpaired) electrons. The zero-order chi connectivity index (χ0) is 21.2. The van der Waals surface area contributed by atoms with E-state index in [1.807, 2.05) is 78.9 Å². The quantitative estimate of drug-likeness (QED) is 0.323. The molecule has 0 spiro atoms. The van der Waals surface area contributed by atoms with Crippen LogP contribution in [0.2, 0.25) is 0 Å². The van der Waals surface area contributed by atoms with Gasteiger partial charge in [-0.2, -0.15) is 0 Å². The molecular formula is C25H16BrN3O2. The van der Waals surface area contributed by atoms with Crippen LogP contribution in [0.15, 0.2) is 100 Å². The number of nitrogens with one attached hydrogen (secondary N) is 1. The lowest BCUT2D eigenvalue weighted by atomic mass is 9.97. The van der Waals surface area contributed by atoms with Crippen LogP contribution in [-0.4, -0.2) is 16.2 Å². The summed E-state index contributed by atoms with van der Waals surface area (Å²) in [7, 11) is 0. The molecule has 31 heavy (non-hydrogen) atoms. The van der Waals surface area contributed by atoms with Gasteiger partial charge in [0.05, 0.1) is 0 Å². The molecule has 0 aliphatic carbocycles. The maximum atomic E-state index is 12.8. The van der Waals surface area contributed by atoms with Gasteiger partial charge in [-0.1, -0.05) is 76.6 Å². The van der Waals surface area contributed by atoms with Crippen molar-refractivity contribution < 1.29 is 9.42 Å². The summed E-state index contributed by atoms with van der Waals surface area (Å²) in [5, 5.41) is 11.3. The van der Waals surface area contributed by atoms with E-state index in [4.69, 9.17) is 4.63 Å². The first-order valence-corrected chi connectivity index (χ1v) is 10.5. The normalized spacial score (nSPS) is 10.9. The van der Waals surface area contributed by atoms with Crippen LogP contribution in [0.3, 0.4) is 0 Å². The Morgan fingerprint density at radius 2 is 1.35 bits per heavy atom. The van der Waals surface area contributed by atoms with E-state index in [0.717, 1.165) is 26.7 Å². The smallest absolute Gasteiger partial charge is 0.255 e. The van der Waals surface area contributed by atoms with Crippen LogP contribution in [0.1, 0.15) is 10.4 Å². The number of nitrogens with zero attached hydrogens (tertiary/aromatic N) is 2. The number of rotatable bonds is 4. The summed E-state index contributed by atoms with van der Waals surface area (Å²) in [4.78, 5) is 12.8. The third kappa shape index (κ3) is 3.73. The Kier molecular flexibility index (Phi) is 5.06. The molecule has 0 atom stereocenters. The molecule has 0 aliphatic heterocycles. The number of benzene rings is 4. The van der Waals surface area contributed by atoms with Crippen molar-refractivity contribution in [1.82, 2.24) is 10.3 Å². The average Bonchev–Trinajstić information content (AvgIpc) is 3.30. The van der Waals surface area contributed by atoms with Crippen LogP contribution in [0, 0.1) is 0 Å². The lowest BCUT2D eigenvalue weighted by Crippen LogP contribution is -2.12. The van der Waals surface area contributed by atoms with Gasteiger partial charge in [0.2, 0.25) is 0 Å². The van der Waals surface area contributed by atoms with E-state index in [2.05, 4.69) is 31.6 Å². The highest BCUT2D eigenvalue weighted by atomic mass is 79.9. The molecule has 0 fully saturated rings. The molecule has 0 bridgehead atoms. The van der Waals surface area contributed by atoms with Gasteiger partial charge in [0.1, 0.15) is 11.0 Å². The molecule has 0 saturated carbocycles. The minimum absolute atomic E-state index is 0.185. The van der Waals surface area contributed by atoms with Crippen LogP contribution in [0.5, 0.6) is 0 Å². The second kappa shape index (κ2) is 8.16. The minimum atomic E-state index is -0.185. The van der Waals surface area contributed by atoms with Crippen molar-refractivity contribution in [2.24, 2.45) is 0 Å². The molecule has 5 rings (SSSR count). The fourth-order valence-corrected chi connectivity index (χ4v) is 3.82. The lowest BCUT2D eigenvalue weighted by molar-refractivity contribution is 0.102. The SMILES string of the molecule is O=C(Nc1ccccc1-c1ccc(-c2ccccc2)c2nonc12)c1ccc(Br)cc1. The summed E-state index contributed by atoms with van der Waals surface area (Å²) in [6.07, 6.45) is 0. The highest BCUT2D eigenvalue weighted by Gasteiger charge is 2.17. The van der Waals surface area contributed by atoms with Crippen molar-refractivity contribution in [3.63, 3.8) is 0 Å². The molecule has 5 aromatic rings. The molecular weight excluding hydrogens is 454 g/mol. The van der Waals surface area contributed by atoms with Crippen molar-refractivity contribution in [3.05, 3.63) is 101 Å². The Morgan fingerprint density at radius 1 is 0.710 bits per heavy atom.